The topological polar surface area (TPSA) is 68.2 Å². The molecule has 10 heteroatoms. The first-order valence-corrected chi connectivity index (χ1v) is 13.8. The maximum Gasteiger partial charge on any atom is 0.240 e. The van der Waals surface area contributed by atoms with Crippen LogP contribution in [0, 0.1) is 0 Å². The first kappa shape index (κ1) is 27.6. The molecule has 1 N–H and O–H groups in total. The lowest BCUT2D eigenvalue weighted by atomic mass is 9.90. The predicted molar refractivity (Wildman–Crippen MR) is 159 cm³/mol. The van der Waals surface area contributed by atoms with Crippen LogP contribution in [0.15, 0.2) is 65.7 Å². The van der Waals surface area contributed by atoms with Crippen LogP contribution in [0.1, 0.15) is 17.0 Å². The number of anilines is 2. The smallest absolute Gasteiger partial charge is 0.240 e. The monoisotopic (exact) mass is 583 g/mol. The summed E-state index contributed by atoms with van der Waals surface area (Å²) in [6.45, 7) is 3.79. The van der Waals surface area contributed by atoms with Crippen LogP contribution in [0.4, 0.5) is 17.1 Å². The Bertz CT molecular complexity index is 1420. The number of aliphatic imine (C=N–C) groups is 1. The van der Waals surface area contributed by atoms with Crippen LogP contribution in [0.5, 0.6) is 0 Å². The SMILES string of the molecule is CN1CCN(CC(=O)N(C)c2c(Cl)cc(N=C(c3ccccc3)C3C(=O)Nc4cc(Cl)ccc43)cc2Cl)CC1. The van der Waals surface area contributed by atoms with Crippen molar-refractivity contribution in [2.24, 2.45) is 4.99 Å². The van der Waals surface area contributed by atoms with Crippen molar-refractivity contribution in [2.75, 3.05) is 57.0 Å². The first-order chi connectivity index (χ1) is 18.7. The number of amides is 2. The summed E-state index contributed by atoms with van der Waals surface area (Å²) in [5, 5.41) is 4.04. The minimum atomic E-state index is -0.648. The number of nitrogens with one attached hydrogen (secondary N) is 1. The van der Waals surface area contributed by atoms with E-state index in [0.29, 0.717) is 37.8 Å². The molecule has 2 amide bonds. The molecule has 2 aliphatic rings. The number of benzene rings is 3. The number of halogens is 3. The maximum absolute atomic E-state index is 13.1. The van der Waals surface area contributed by atoms with E-state index in [1.807, 2.05) is 36.4 Å². The Kier molecular flexibility index (Phi) is 8.26. The third-order valence-corrected chi connectivity index (χ3v) is 7.92. The molecule has 1 atom stereocenters. The van der Waals surface area contributed by atoms with Crippen LogP contribution in [-0.4, -0.2) is 74.1 Å². The number of fused-ring (bicyclic) bond motifs is 1. The van der Waals surface area contributed by atoms with E-state index in [-0.39, 0.29) is 18.4 Å². The molecule has 0 aromatic heterocycles. The number of rotatable bonds is 6. The molecule has 0 aliphatic carbocycles. The number of likely N-dealkylation sites (N-methyl/N-ethyl adjacent to an activating group) is 2. The van der Waals surface area contributed by atoms with Crippen LogP contribution >= 0.6 is 34.8 Å². The number of piperazine rings is 1. The minimum absolute atomic E-state index is 0.0949. The summed E-state index contributed by atoms with van der Waals surface area (Å²) in [7, 11) is 3.75. The van der Waals surface area contributed by atoms with Gasteiger partial charge in [-0.25, -0.2) is 0 Å². The maximum atomic E-state index is 13.1. The van der Waals surface area contributed by atoms with Crippen molar-refractivity contribution in [3.8, 4) is 0 Å². The molecule has 0 saturated carbocycles. The second-order valence-electron chi connectivity index (χ2n) is 9.81. The molecule has 1 unspecified atom stereocenters. The summed E-state index contributed by atoms with van der Waals surface area (Å²) in [5.74, 6) is -0.940. The Morgan fingerprint density at radius 2 is 1.67 bits per heavy atom. The number of nitrogens with zero attached hydrogens (tertiary/aromatic N) is 4. The molecular formula is C29H28Cl3N5O2. The molecule has 3 aromatic rings. The lowest BCUT2D eigenvalue weighted by molar-refractivity contribution is -0.120. The second-order valence-corrected chi connectivity index (χ2v) is 11.1. The van der Waals surface area contributed by atoms with Crippen molar-refractivity contribution < 1.29 is 9.59 Å². The van der Waals surface area contributed by atoms with E-state index in [4.69, 9.17) is 39.8 Å². The van der Waals surface area contributed by atoms with Gasteiger partial charge in [0.2, 0.25) is 11.8 Å². The average Bonchev–Trinajstić information content (AvgIpc) is 3.23. The fourth-order valence-electron chi connectivity index (χ4n) is 4.91. The number of carbonyl (C=O) groups is 2. The molecule has 7 nitrogen and oxygen atoms in total. The second kappa shape index (κ2) is 11.7. The summed E-state index contributed by atoms with van der Waals surface area (Å²) >= 11 is 19.5. The van der Waals surface area contributed by atoms with Crippen molar-refractivity contribution in [3.05, 3.63) is 86.9 Å². The van der Waals surface area contributed by atoms with Gasteiger partial charge in [-0.3, -0.25) is 19.5 Å². The molecule has 0 radical (unpaired) electrons. The molecule has 3 aromatic carbocycles. The van der Waals surface area contributed by atoms with Crippen molar-refractivity contribution >= 4 is 69.4 Å². The molecule has 0 spiro atoms. The number of hydrogen-bond acceptors (Lipinski definition) is 5. The highest BCUT2D eigenvalue weighted by atomic mass is 35.5. The van der Waals surface area contributed by atoms with Crippen LogP contribution in [0.2, 0.25) is 15.1 Å². The van der Waals surface area contributed by atoms with E-state index in [1.54, 1.807) is 31.3 Å². The van der Waals surface area contributed by atoms with Crippen molar-refractivity contribution in [1.82, 2.24) is 9.80 Å². The quantitative estimate of drug-likeness (QED) is 0.377. The Morgan fingerprint density at radius 1 is 1.00 bits per heavy atom. The van der Waals surface area contributed by atoms with E-state index in [0.717, 1.165) is 37.3 Å². The van der Waals surface area contributed by atoms with E-state index >= 15 is 0 Å². The highest BCUT2D eigenvalue weighted by molar-refractivity contribution is 6.40. The van der Waals surface area contributed by atoms with Crippen LogP contribution < -0.4 is 10.2 Å². The zero-order chi connectivity index (χ0) is 27.7. The van der Waals surface area contributed by atoms with Crippen molar-refractivity contribution in [3.63, 3.8) is 0 Å². The van der Waals surface area contributed by atoms with Gasteiger partial charge in [-0.05, 0) is 42.4 Å². The molecule has 39 heavy (non-hydrogen) atoms. The van der Waals surface area contributed by atoms with Gasteiger partial charge in [0, 0.05) is 43.9 Å². The summed E-state index contributed by atoms with van der Waals surface area (Å²) < 4.78 is 0. The summed E-state index contributed by atoms with van der Waals surface area (Å²) in [6.07, 6.45) is 0. The highest BCUT2D eigenvalue weighted by Gasteiger charge is 2.35. The fraction of sp³-hybridized carbons (Fsp3) is 0.276. The van der Waals surface area contributed by atoms with Crippen LogP contribution in [-0.2, 0) is 9.59 Å². The van der Waals surface area contributed by atoms with Crippen LogP contribution in [0.25, 0.3) is 0 Å². The third-order valence-electron chi connectivity index (χ3n) is 7.10. The number of hydrogen-bond donors (Lipinski definition) is 1. The highest BCUT2D eigenvalue weighted by Crippen LogP contribution is 2.40. The zero-order valence-corrected chi connectivity index (χ0v) is 23.9. The lowest BCUT2D eigenvalue weighted by Crippen LogP contribution is -2.48. The molecule has 5 rings (SSSR count). The largest absolute Gasteiger partial charge is 0.325 e. The van der Waals surface area contributed by atoms with Gasteiger partial charge in [0.1, 0.15) is 5.92 Å². The van der Waals surface area contributed by atoms with Gasteiger partial charge in [-0.15, -0.1) is 0 Å². The van der Waals surface area contributed by atoms with Gasteiger partial charge in [-0.1, -0.05) is 71.2 Å². The average molecular weight is 585 g/mol. The standard InChI is InChI=1S/C29H28Cl3N5O2/c1-35-10-12-37(13-11-35)17-25(38)36(2)28-22(31)15-20(16-23(28)32)33-27(18-6-4-3-5-7-18)26-21-9-8-19(30)14-24(21)34-29(26)39/h3-9,14-16,26H,10-13,17H2,1-2H3,(H,34,39). The van der Waals surface area contributed by atoms with E-state index in [9.17, 15) is 9.59 Å². The number of carbonyl (C=O) groups excluding carboxylic acids is 2. The Hall–Kier alpha value is -2.94. The van der Waals surface area contributed by atoms with Gasteiger partial charge in [0.15, 0.2) is 0 Å². The minimum Gasteiger partial charge on any atom is -0.325 e. The van der Waals surface area contributed by atoms with Gasteiger partial charge in [0.25, 0.3) is 0 Å². The van der Waals surface area contributed by atoms with Crippen molar-refractivity contribution in [1.29, 1.82) is 0 Å². The Morgan fingerprint density at radius 3 is 2.33 bits per heavy atom. The van der Waals surface area contributed by atoms with Gasteiger partial charge in [0.05, 0.1) is 33.7 Å². The van der Waals surface area contributed by atoms with E-state index in [1.165, 1.54) is 4.90 Å². The molecule has 1 fully saturated rings. The molecule has 0 bridgehead atoms. The Labute approximate surface area is 243 Å². The predicted octanol–water partition coefficient (Wildman–Crippen LogP) is 5.71. The molecule has 1 saturated heterocycles. The van der Waals surface area contributed by atoms with E-state index in [2.05, 4.69) is 22.2 Å². The van der Waals surface area contributed by atoms with Crippen molar-refractivity contribution in [2.45, 2.75) is 5.92 Å². The summed E-state index contributed by atoms with van der Waals surface area (Å²) in [5.41, 5.74) is 3.69. The van der Waals surface area contributed by atoms with Gasteiger partial charge >= 0.3 is 0 Å². The lowest BCUT2D eigenvalue weighted by Gasteiger charge is -2.33. The molecule has 202 valence electrons. The molecule has 2 heterocycles. The molecular weight excluding hydrogens is 557 g/mol. The third kappa shape index (κ3) is 5.98. The van der Waals surface area contributed by atoms with E-state index < -0.39 is 5.92 Å². The fourth-order valence-corrected chi connectivity index (χ4v) is 5.82. The zero-order valence-electron chi connectivity index (χ0n) is 21.6. The normalized spacial score (nSPS) is 18.1. The van der Waals surface area contributed by atoms with Gasteiger partial charge in [-0.2, -0.15) is 0 Å². The van der Waals surface area contributed by atoms with Gasteiger partial charge < -0.3 is 15.1 Å². The summed E-state index contributed by atoms with van der Waals surface area (Å²) in [4.78, 5) is 37.0. The first-order valence-electron chi connectivity index (χ1n) is 12.6. The Balaban J connectivity index is 1.47. The van der Waals surface area contributed by atoms with Crippen LogP contribution in [0.3, 0.4) is 0 Å². The summed E-state index contributed by atoms with van der Waals surface area (Å²) in [6, 6.07) is 18.2. The molecule has 2 aliphatic heterocycles.